The van der Waals surface area contributed by atoms with E-state index < -0.39 is 0 Å². The number of nitrogens with zero attached hydrogens (tertiary/aromatic N) is 3. The van der Waals surface area contributed by atoms with E-state index in [0.717, 1.165) is 24.8 Å². The minimum Gasteiger partial charge on any atom is -0.329 e. The quantitative estimate of drug-likeness (QED) is 0.889. The molecule has 118 valence electrons. The molecule has 4 heteroatoms. The van der Waals surface area contributed by atoms with E-state index in [2.05, 4.69) is 63.3 Å². The lowest BCUT2D eigenvalue weighted by Gasteiger charge is -2.27. The molecule has 1 N–H and O–H groups in total. The molecule has 3 rings (SSSR count). The van der Waals surface area contributed by atoms with Crippen molar-refractivity contribution in [1.82, 2.24) is 19.8 Å². The first kappa shape index (κ1) is 15.3. The van der Waals surface area contributed by atoms with Gasteiger partial charge < -0.3 is 9.88 Å². The van der Waals surface area contributed by atoms with Gasteiger partial charge in [0, 0.05) is 25.5 Å². The van der Waals surface area contributed by atoms with Crippen molar-refractivity contribution in [1.29, 1.82) is 0 Å². The zero-order valence-corrected chi connectivity index (χ0v) is 13.4. The molecule has 0 atom stereocenters. The van der Waals surface area contributed by atoms with Crippen molar-refractivity contribution in [2.45, 2.75) is 25.9 Å². The summed E-state index contributed by atoms with van der Waals surface area (Å²) in [5.74, 6) is 1.98. The second-order valence-corrected chi connectivity index (χ2v) is 6.35. The van der Waals surface area contributed by atoms with Gasteiger partial charge >= 0.3 is 0 Å². The van der Waals surface area contributed by atoms with Crippen molar-refractivity contribution >= 4 is 0 Å². The number of piperidine rings is 1. The summed E-state index contributed by atoms with van der Waals surface area (Å²) in [6, 6.07) is 10.6. The Balaban J connectivity index is 1.57. The molecule has 0 unspecified atom stereocenters. The predicted octanol–water partition coefficient (Wildman–Crippen LogP) is 2.36. The number of aromatic nitrogens is 2. The fourth-order valence-electron chi connectivity index (χ4n) is 3.23. The zero-order chi connectivity index (χ0) is 15.2. The Morgan fingerprint density at radius 2 is 2.00 bits per heavy atom. The van der Waals surface area contributed by atoms with E-state index in [0.29, 0.717) is 0 Å². The first-order chi connectivity index (χ1) is 10.8. The summed E-state index contributed by atoms with van der Waals surface area (Å²) in [4.78, 5) is 6.97. The molecule has 0 radical (unpaired) electrons. The Kier molecular flexibility index (Phi) is 5.24. The summed E-state index contributed by atoms with van der Waals surface area (Å²) < 4.78 is 2.26. The van der Waals surface area contributed by atoms with Gasteiger partial charge in [-0.25, -0.2) is 4.98 Å². The molecule has 0 saturated carbocycles. The standard InChI is InChI=1S/C18H26N4/c1-21(13-17-7-9-19-10-8-17)15-18-20-11-12-22(18)14-16-5-3-2-4-6-16/h2-6,11-12,17,19H,7-10,13-15H2,1H3. The summed E-state index contributed by atoms with van der Waals surface area (Å²) in [6.07, 6.45) is 6.59. The van der Waals surface area contributed by atoms with Gasteiger partial charge in [-0.05, 0) is 44.5 Å². The fourth-order valence-corrected chi connectivity index (χ4v) is 3.23. The lowest BCUT2D eigenvalue weighted by atomic mass is 9.98. The molecule has 4 nitrogen and oxygen atoms in total. The number of nitrogens with one attached hydrogen (secondary N) is 1. The Hall–Kier alpha value is -1.65. The molecule has 2 aromatic rings. The minimum absolute atomic E-state index is 0.823. The highest BCUT2D eigenvalue weighted by Gasteiger charge is 2.16. The van der Waals surface area contributed by atoms with Crippen LogP contribution in [0.2, 0.25) is 0 Å². The molecule has 0 spiro atoms. The smallest absolute Gasteiger partial charge is 0.123 e. The van der Waals surface area contributed by atoms with Gasteiger partial charge in [0.05, 0.1) is 6.54 Å². The Morgan fingerprint density at radius 1 is 1.23 bits per heavy atom. The van der Waals surface area contributed by atoms with Gasteiger partial charge in [-0.15, -0.1) is 0 Å². The molecule has 1 saturated heterocycles. The van der Waals surface area contributed by atoms with Crippen LogP contribution in [0.15, 0.2) is 42.7 Å². The van der Waals surface area contributed by atoms with Crippen LogP contribution in [-0.2, 0) is 13.1 Å². The van der Waals surface area contributed by atoms with Gasteiger partial charge in [0.2, 0.25) is 0 Å². The molecule has 1 aromatic carbocycles. The molecule has 2 heterocycles. The molecule has 1 fully saturated rings. The van der Waals surface area contributed by atoms with E-state index in [9.17, 15) is 0 Å². The van der Waals surface area contributed by atoms with E-state index in [1.807, 2.05) is 6.20 Å². The molecule has 0 amide bonds. The van der Waals surface area contributed by atoms with Crippen molar-refractivity contribution in [3.8, 4) is 0 Å². The van der Waals surface area contributed by atoms with Gasteiger partial charge in [0.25, 0.3) is 0 Å². The highest BCUT2D eigenvalue weighted by Crippen LogP contribution is 2.14. The fraction of sp³-hybridized carbons (Fsp3) is 0.500. The van der Waals surface area contributed by atoms with Crippen LogP contribution in [0.5, 0.6) is 0 Å². The first-order valence-electron chi connectivity index (χ1n) is 8.24. The van der Waals surface area contributed by atoms with Crippen LogP contribution in [-0.4, -0.2) is 41.1 Å². The molecule has 1 aromatic heterocycles. The predicted molar refractivity (Wildman–Crippen MR) is 89.7 cm³/mol. The zero-order valence-electron chi connectivity index (χ0n) is 13.4. The summed E-state index contributed by atoms with van der Waals surface area (Å²) in [5, 5.41) is 3.43. The van der Waals surface area contributed by atoms with Crippen LogP contribution in [0, 0.1) is 5.92 Å². The number of hydrogen-bond acceptors (Lipinski definition) is 3. The number of benzene rings is 1. The SMILES string of the molecule is CN(Cc1nccn1Cc1ccccc1)CC1CCNCC1. The lowest BCUT2D eigenvalue weighted by molar-refractivity contribution is 0.229. The average molecular weight is 298 g/mol. The van der Waals surface area contributed by atoms with E-state index in [1.165, 1.54) is 38.0 Å². The van der Waals surface area contributed by atoms with Crippen LogP contribution in [0.1, 0.15) is 24.2 Å². The molecule has 0 aliphatic carbocycles. The molecular weight excluding hydrogens is 272 g/mol. The maximum Gasteiger partial charge on any atom is 0.123 e. The number of rotatable bonds is 6. The van der Waals surface area contributed by atoms with Crippen molar-refractivity contribution in [2.75, 3.05) is 26.7 Å². The van der Waals surface area contributed by atoms with Gasteiger partial charge in [-0.3, -0.25) is 4.90 Å². The van der Waals surface area contributed by atoms with Gasteiger partial charge in [-0.2, -0.15) is 0 Å². The molecule has 0 bridgehead atoms. The Labute approximate surface area is 133 Å². The van der Waals surface area contributed by atoms with E-state index in [1.54, 1.807) is 0 Å². The van der Waals surface area contributed by atoms with E-state index in [-0.39, 0.29) is 0 Å². The maximum atomic E-state index is 4.55. The first-order valence-corrected chi connectivity index (χ1v) is 8.24. The molecule has 1 aliphatic heterocycles. The lowest BCUT2D eigenvalue weighted by Crippen LogP contribution is -2.34. The van der Waals surface area contributed by atoms with E-state index in [4.69, 9.17) is 0 Å². The van der Waals surface area contributed by atoms with Gasteiger partial charge in [-0.1, -0.05) is 30.3 Å². The monoisotopic (exact) mass is 298 g/mol. The highest BCUT2D eigenvalue weighted by atomic mass is 15.2. The number of hydrogen-bond donors (Lipinski definition) is 1. The largest absolute Gasteiger partial charge is 0.329 e. The van der Waals surface area contributed by atoms with Crippen molar-refractivity contribution in [3.05, 3.63) is 54.1 Å². The third kappa shape index (κ3) is 4.18. The van der Waals surface area contributed by atoms with Gasteiger partial charge in [0.1, 0.15) is 5.82 Å². The maximum absolute atomic E-state index is 4.55. The van der Waals surface area contributed by atoms with Crippen molar-refractivity contribution in [3.63, 3.8) is 0 Å². The third-order valence-corrected chi connectivity index (χ3v) is 4.44. The number of imidazole rings is 1. The summed E-state index contributed by atoms with van der Waals surface area (Å²) in [5.41, 5.74) is 1.32. The van der Waals surface area contributed by atoms with Crippen molar-refractivity contribution in [2.24, 2.45) is 5.92 Å². The minimum atomic E-state index is 0.823. The third-order valence-electron chi connectivity index (χ3n) is 4.44. The molecular formula is C18H26N4. The molecule has 1 aliphatic rings. The van der Waals surface area contributed by atoms with E-state index >= 15 is 0 Å². The summed E-state index contributed by atoms with van der Waals surface area (Å²) in [7, 11) is 2.21. The Morgan fingerprint density at radius 3 is 2.77 bits per heavy atom. The van der Waals surface area contributed by atoms with Crippen molar-refractivity contribution < 1.29 is 0 Å². The summed E-state index contributed by atoms with van der Waals surface area (Å²) in [6.45, 7) is 5.32. The van der Waals surface area contributed by atoms with Crippen LogP contribution < -0.4 is 5.32 Å². The van der Waals surface area contributed by atoms with Gasteiger partial charge in [0.15, 0.2) is 0 Å². The summed E-state index contributed by atoms with van der Waals surface area (Å²) >= 11 is 0. The van der Waals surface area contributed by atoms with Crippen LogP contribution in [0.4, 0.5) is 0 Å². The van der Waals surface area contributed by atoms with Crippen LogP contribution in [0.25, 0.3) is 0 Å². The average Bonchev–Trinajstić information content (AvgIpc) is 2.96. The topological polar surface area (TPSA) is 33.1 Å². The highest BCUT2D eigenvalue weighted by molar-refractivity contribution is 5.15. The van der Waals surface area contributed by atoms with Crippen LogP contribution >= 0.6 is 0 Å². The van der Waals surface area contributed by atoms with Crippen LogP contribution in [0.3, 0.4) is 0 Å². The Bertz CT molecular complexity index is 557. The second-order valence-electron chi connectivity index (χ2n) is 6.35. The molecule has 22 heavy (non-hydrogen) atoms. The normalized spacial score (nSPS) is 16.3. The second kappa shape index (κ2) is 7.56.